The summed E-state index contributed by atoms with van der Waals surface area (Å²) in [5.74, 6) is -0.211. The van der Waals surface area contributed by atoms with E-state index in [2.05, 4.69) is 12.2 Å². The molecular weight excluding hydrogens is 265 g/mol. The number of benzene rings is 1. The summed E-state index contributed by atoms with van der Waals surface area (Å²) < 4.78 is 19.3. The van der Waals surface area contributed by atoms with Gasteiger partial charge >= 0.3 is 0 Å². The minimum atomic E-state index is -0.211. The summed E-state index contributed by atoms with van der Waals surface area (Å²) in [5, 5.41) is 3.95. The van der Waals surface area contributed by atoms with Crippen LogP contribution in [-0.4, -0.2) is 25.3 Å². The average molecular weight is 288 g/mol. The van der Waals surface area contributed by atoms with Gasteiger partial charge in [-0.25, -0.2) is 4.39 Å². The van der Waals surface area contributed by atoms with Crippen LogP contribution in [0.1, 0.15) is 32.8 Å². The molecule has 0 saturated heterocycles. The first-order chi connectivity index (χ1) is 9.02. The van der Waals surface area contributed by atoms with Crippen LogP contribution < -0.4 is 5.32 Å². The van der Waals surface area contributed by atoms with Crippen molar-refractivity contribution in [2.45, 2.75) is 45.8 Å². The molecule has 0 spiro atoms. The molecule has 0 radical (unpaired) electrons. The average Bonchev–Trinajstić information content (AvgIpc) is 2.36. The fraction of sp³-hybridized carbons (Fsp3) is 0.600. The molecule has 0 aliphatic rings. The summed E-state index contributed by atoms with van der Waals surface area (Å²) in [6, 6.07) is 4.78. The van der Waals surface area contributed by atoms with Crippen LogP contribution >= 0.6 is 11.6 Å². The van der Waals surface area contributed by atoms with Crippen LogP contribution in [0.25, 0.3) is 0 Å². The van der Waals surface area contributed by atoms with Crippen LogP contribution in [0.4, 0.5) is 4.39 Å². The lowest BCUT2D eigenvalue weighted by Gasteiger charge is -2.20. The highest BCUT2D eigenvalue weighted by Gasteiger charge is 2.13. The Bertz CT molecular complexity index is 384. The zero-order chi connectivity index (χ0) is 14.3. The summed E-state index contributed by atoms with van der Waals surface area (Å²) in [6.07, 6.45) is 1.80. The van der Waals surface area contributed by atoms with Crippen molar-refractivity contribution >= 4 is 11.6 Å². The first-order valence-corrected chi connectivity index (χ1v) is 7.19. The molecule has 1 unspecified atom stereocenters. The molecule has 0 amide bonds. The molecular formula is C15H23ClFNO. The van der Waals surface area contributed by atoms with E-state index in [0.29, 0.717) is 23.6 Å². The minimum absolute atomic E-state index is 0.107. The second kappa shape index (κ2) is 8.51. The topological polar surface area (TPSA) is 21.3 Å². The highest BCUT2D eigenvalue weighted by Crippen LogP contribution is 2.16. The normalized spacial score (nSPS) is 12.9. The fourth-order valence-corrected chi connectivity index (χ4v) is 2.01. The molecule has 1 aromatic carbocycles. The van der Waals surface area contributed by atoms with Gasteiger partial charge in [-0.1, -0.05) is 18.5 Å². The lowest BCUT2D eigenvalue weighted by molar-refractivity contribution is 0.0611. The predicted molar refractivity (Wildman–Crippen MR) is 78.3 cm³/mol. The van der Waals surface area contributed by atoms with Gasteiger partial charge in [-0.2, -0.15) is 0 Å². The van der Waals surface area contributed by atoms with Crippen molar-refractivity contribution in [2.75, 3.05) is 13.2 Å². The third kappa shape index (κ3) is 6.37. The zero-order valence-electron chi connectivity index (χ0n) is 11.9. The Labute approximate surface area is 120 Å². The molecule has 19 heavy (non-hydrogen) atoms. The maximum atomic E-state index is 13.7. The van der Waals surface area contributed by atoms with E-state index in [1.165, 1.54) is 6.07 Å². The second-order valence-electron chi connectivity index (χ2n) is 4.97. The van der Waals surface area contributed by atoms with Crippen molar-refractivity contribution in [1.82, 2.24) is 5.32 Å². The molecule has 0 saturated carbocycles. The number of nitrogens with one attached hydrogen (secondary N) is 1. The maximum Gasteiger partial charge on any atom is 0.126 e. The monoisotopic (exact) mass is 287 g/mol. The first-order valence-electron chi connectivity index (χ1n) is 6.81. The van der Waals surface area contributed by atoms with E-state index in [1.807, 2.05) is 13.8 Å². The van der Waals surface area contributed by atoms with E-state index in [9.17, 15) is 4.39 Å². The van der Waals surface area contributed by atoms with Gasteiger partial charge in [0.1, 0.15) is 5.82 Å². The molecule has 0 aliphatic carbocycles. The summed E-state index contributed by atoms with van der Waals surface area (Å²) in [4.78, 5) is 0. The molecule has 2 nitrogen and oxygen atoms in total. The van der Waals surface area contributed by atoms with E-state index in [0.717, 1.165) is 13.0 Å². The van der Waals surface area contributed by atoms with Gasteiger partial charge in [0, 0.05) is 11.1 Å². The second-order valence-corrected chi connectivity index (χ2v) is 5.41. The van der Waals surface area contributed by atoms with Crippen LogP contribution in [0, 0.1) is 5.82 Å². The summed E-state index contributed by atoms with van der Waals surface area (Å²) in [5.41, 5.74) is 0.633. The van der Waals surface area contributed by atoms with Gasteiger partial charge in [0.25, 0.3) is 0 Å². The van der Waals surface area contributed by atoms with Gasteiger partial charge < -0.3 is 10.1 Å². The van der Waals surface area contributed by atoms with E-state index >= 15 is 0 Å². The van der Waals surface area contributed by atoms with Crippen molar-refractivity contribution in [1.29, 1.82) is 0 Å². The van der Waals surface area contributed by atoms with Crippen molar-refractivity contribution < 1.29 is 9.13 Å². The molecule has 1 rings (SSSR count). The van der Waals surface area contributed by atoms with Gasteiger partial charge in [-0.3, -0.25) is 0 Å². The van der Waals surface area contributed by atoms with E-state index in [4.69, 9.17) is 16.3 Å². The van der Waals surface area contributed by atoms with Crippen molar-refractivity contribution in [3.63, 3.8) is 0 Å². The summed E-state index contributed by atoms with van der Waals surface area (Å²) in [7, 11) is 0. The largest absolute Gasteiger partial charge is 0.377 e. The van der Waals surface area contributed by atoms with Gasteiger partial charge in [-0.05, 0) is 57.0 Å². The molecule has 0 aliphatic heterocycles. The number of rotatable bonds is 8. The number of hydrogen-bond donors (Lipinski definition) is 1. The summed E-state index contributed by atoms with van der Waals surface area (Å²) >= 11 is 5.91. The van der Waals surface area contributed by atoms with Crippen LogP contribution in [0.2, 0.25) is 5.02 Å². The standard InChI is InChI=1S/C15H23ClFNO/c1-4-7-18-14(10-19-11(2)3)9-12-8-13(16)5-6-15(12)17/h5-6,8,11,14,18H,4,7,9-10H2,1-3H3. The molecule has 0 bridgehead atoms. The van der Waals surface area contributed by atoms with Crippen molar-refractivity contribution in [2.24, 2.45) is 0 Å². The molecule has 108 valence electrons. The van der Waals surface area contributed by atoms with Crippen LogP contribution in [0.15, 0.2) is 18.2 Å². The maximum absolute atomic E-state index is 13.7. The van der Waals surface area contributed by atoms with Gasteiger partial charge in [-0.15, -0.1) is 0 Å². The lowest BCUT2D eigenvalue weighted by atomic mass is 10.1. The zero-order valence-corrected chi connectivity index (χ0v) is 12.6. The lowest BCUT2D eigenvalue weighted by Crippen LogP contribution is -2.37. The van der Waals surface area contributed by atoms with Crippen molar-refractivity contribution in [3.8, 4) is 0 Å². The van der Waals surface area contributed by atoms with Gasteiger partial charge in [0.15, 0.2) is 0 Å². The SMILES string of the molecule is CCCNC(COC(C)C)Cc1cc(Cl)ccc1F. The Hall–Kier alpha value is -0.640. The molecule has 1 atom stereocenters. The number of halogens is 2. The molecule has 0 aromatic heterocycles. The van der Waals surface area contributed by atoms with E-state index in [-0.39, 0.29) is 18.0 Å². The third-order valence-electron chi connectivity index (χ3n) is 2.79. The first kappa shape index (κ1) is 16.4. The molecule has 4 heteroatoms. The predicted octanol–water partition coefficient (Wildman–Crippen LogP) is 3.81. The quantitative estimate of drug-likeness (QED) is 0.785. The van der Waals surface area contributed by atoms with E-state index in [1.54, 1.807) is 12.1 Å². The van der Waals surface area contributed by atoms with Crippen LogP contribution in [-0.2, 0) is 11.2 Å². The minimum Gasteiger partial charge on any atom is -0.377 e. The molecule has 1 aromatic rings. The third-order valence-corrected chi connectivity index (χ3v) is 3.02. The molecule has 0 fully saturated rings. The Balaban J connectivity index is 2.66. The number of hydrogen-bond acceptors (Lipinski definition) is 2. The number of ether oxygens (including phenoxy) is 1. The van der Waals surface area contributed by atoms with E-state index < -0.39 is 0 Å². The van der Waals surface area contributed by atoms with Crippen LogP contribution in [0.5, 0.6) is 0 Å². The fourth-order valence-electron chi connectivity index (χ4n) is 1.81. The molecule has 1 N–H and O–H groups in total. The highest BCUT2D eigenvalue weighted by atomic mass is 35.5. The van der Waals surface area contributed by atoms with Gasteiger partial charge in [0.05, 0.1) is 12.7 Å². The Morgan fingerprint density at radius 1 is 1.37 bits per heavy atom. The Morgan fingerprint density at radius 3 is 2.74 bits per heavy atom. The van der Waals surface area contributed by atoms with Crippen LogP contribution in [0.3, 0.4) is 0 Å². The summed E-state index contributed by atoms with van der Waals surface area (Å²) in [6.45, 7) is 7.57. The highest BCUT2D eigenvalue weighted by molar-refractivity contribution is 6.30. The smallest absolute Gasteiger partial charge is 0.126 e. The Kier molecular flexibility index (Phi) is 7.36. The molecule has 0 heterocycles. The Morgan fingerprint density at radius 2 is 2.11 bits per heavy atom. The van der Waals surface area contributed by atoms with Gasteiger partial charge in [0.2, 0.25) is 0 Å². The van der Waals surface area contributed by atoms with Crippen molar-refractivity contribution in [3.05, 3.63) is 34.6 Å².